The van der Waals surface area contributed by atoms with Crippen molar-refractivity contribution in [3.63, 3.8) is 0 Å². The Kier molecular flexibility index (Phi) is 7.22. The van der Waals surface area contributed by atoms with Crippen molar-refractivity contribution in [1.29, 1.82) is 0 Å². The highest BCUT2D eigenvalue weighted by Crippen LogP contribution is 2.28. The standard InChI is InChI=1S/C16H22O6/c1-3-5-7-21-15(19)11-9-14(18)12(10-13(11)17)16(20)22-8-6-4-2/h9-10,17-18H,3-8H2,1-2H3. The molecule has 0 spiro atoms. The molecule has 22 heavy (non-hydrogen) atoms. The molecule has 1 aromatic carbocycles. The fourth-order valence-corrected chi connectivity index (χ4v) is 1.68. The summed E-state index contributed by atoms with van der Waals surface area (Å²) in [5.74, 6) is -2.34. The number of esters is 2. The molecule has 0 saturated heterocycles. The second-order valence-electron chi connectivity index (χ2n) is 4.87. The Morgan fingerprint density at radius 2 is 1.23 bits per heavy atom. The van der Waals surface area contributed by atoms with Crippen LogP contribution in [0.25, 0.3) is 0 Å². The number of ether oxygens (including phenoxy) is 2. The smallest absolute Gasteiger partial charge is 0.342 e. The lowest BCUT2D eigenvalue weighted by Crippen LogP contribution is -2.10. The first-order valence-corrected chi connectivity index (χ1v) is 7.41. The summed E-state index contributed by atoms with van der Waals surface area (Å²) in [7, 11) is 0. The fraction of sp³-hybridized carbons (Fsp3) is 0.500. The van der Waals surface area contributed by atoms with E-state index in [-0.39, 0.29) is 24.3 Å². The van der Waals surface area contributed by atoms with Gasteiger partial charge in [0.2, 0.25) is 0 Å². The zero-order valence-corrected chi connectivity index (χ0v) is 12.9. The first-order chi connectivity index (χ1) is 10.5. The molecular formula is C16H22O6. The monoisotopic (exact) mass is 310 g/mol. The topological polar surface area (TPSA) is 93.1 Å². The number of carbonyl (C=O) groups is 2. The van der Waals surface area contributed by atoms with Crippen molar-refractivity contribution in [2.24, 2.45) is 0 Å². The van der Waals surface area contributed by atoms with Crippen LogP contribution in [0.2, 0.25) is 0 Å². The van der Waals surface area contributed by atoms with Crippen molar-refractivity contribution in [3.8, 4) is 11.5 Å². The first-order valence-electron chi connectivity index (χ1n) is 7.41. The second kappa shape index (κ2) is 8.92. The van der Waals surface area contributed by atoms with Crippen molar-refractivity contribution in [2.75, 3.05) is 13.2 Å². The van der Waals surface area contributed by atoms with Crippen molar-refractivity contribution in [1.82, 2.24) is 0 Å². The number of phenols is 2. The number of carbonyl (C=O) groups excluding carboxylic acids is 2. The van der Waals surface area contributed by atoms with Crippen LogP contribution in [0.5, 0.6) is 11.5 Å². The maximum absolute atomic E-state index is 11.8. The van der Waals surface area contributed by atoms with Gasteiger partial charge in [0.15, 0.2) is 0 Å². The fourth-order valence-electron chi connectivity index (χ4n) is 1.68. The summed E-state index contributed by atoms with van der Waals surface area (Å²) in [4.78, 5) is 23.6. The summed E-state index contributed by atoms with van der Waals surface area (Å²) in [6.45, 7) is 4.37. The molecule has 0 saturated carbocycles. The number of aromatic hydroxyl groups is 2. The van der Waals surface area contributed by atoms with Gasteiger partial charge in [0.05, 0.1) is 13.2 Å². The number of phenolic OH excluding ortho intramolecular Hbond substituents is 2. The van der Waals surface area contributed by atoms with Crippen LogP contribution in [-0.4, -0.2) is 35.4 Å². The van der Waals surface area contributed by atoms with Gasteiger partial charge in [-0.25, -0.2) is 9.59 Å². The lowest BCUT2D eigenvalue weighted by Gasteiger charge is -2.10. The Hall–Kier alpha value is -2.24. The highest BCUT2D eigenvalue weighted by molar-refractivity contribution is 5.98. The largest absolute Gasteiger partial charge is 0.507 e. The molecule has 6 heteroatoms. The summed E-state index contributed by atoms with van der Waals surface area (Å²) >= 11 is 0. The summed E-state index contributed by atoms with van der Waals surface area (Å²) in [6.07, 6.45) is 3.15. The zero-order chi connectivity index (χ0) is 16.5. The van der Waals surface area contributed by atoms with Crippen LogP contribution in [0.4, 0.5) is 0 Å². The first kappa shape index (κ1) is 17.8. The predicted molar refractivity (Wildman–Crippen MR) is 80.2 cm³/mol. The van der Waals surface area contributed by atoms with E-state index in [9.17, 15) is 19.8 Å². The maximum atomic E-state index is 11.8. The number of hydrogen-bond donors (Lipinski definition) is 2. The Morgan fingerprint density at radius 3 is 1.55 bits per heavy atom. The third kappa shape index (κ3) is 4.95. The molecule has 0 aromatic heterocycles. The molecule has 0 aliphatic heterocycles. The molecule has 0 radical (unpaired) electrons. The molecule has 1 rings (SSSR count). The van der Waals surface area contributed by atoms with E-state index >= 15 is 0 Å². The van der Waals surface area contributed by atoms with E-state index in [1.165, 1.54) is 0 Å². The molecule has 1 aromatic rings. The molecule has 0 amide bonds. The van der Waals surface area contributed by atoms with E-state index in [1.807, 2.05) is 13.8 Å². The van der Waals surface area contributed by atoms with Gasteiger partial charge in [0.25, 0.3) is 0 Å². The molecule has 0 unspecified atom stereocenters. The lowest BCUT2D eigenvalue weighted by atomic mass is 10.1. The van der Waals surface area contributed by atoms with E-state index in [4.69, 9.17) is 9.47 Å². The Bertz CT molecular complexity index is 476. The van der Waals surface area contributed by atoms with Gasteiger partial charge in [-0.05, 0) is 25.0 Å². The molecule has 0 heterocycles. The van der Waals surface area contributed by atoms with E-state index in [2.05, 4.69) is 0 Å². The van der Waals surface area contributed by atoms with Gasteiger partial charge >= 0.3 is 11.9 Å². The number of hydrogen-bond acceptors (Lipinski definition) is 6. The van der Waals surface area contributed by atoms with Gasteiger partial charge in [-0.3, -0.25) is 0 Å². The Labute approximate surface area is 129 Å². The molecule has 0 bridgehead atoms. The molecular weight excluding hydrogens is 288 g/mol. The zero-order valence-electron chi connectivity index (χ0n) is 12.9. The van der Waals surface area contributed by atoms with E-state index in [1.54, 1.807) is 0 Å². The minimum Gasteiger partial charge on any atom is -0.507 e. The normalized spacial score (nSPS) is 10.3. The second-order valence-corrected chi connectivity index (χ2v) is 4.87. The van der Waals surface area contributed by atoms with Crippen molar-refractivity contribution in [3.05, 3.63) is 23.3 Å². The summed E-state index contributed by atoms with van der Waals surface area (Å²) in [6, 6.07) is 2.03. The van der Waals surface area contributed by atoms with Crippen molar-refractivity contribution >= 4 is 11.9 Å². The molecule has 0 fully saturated rings. The molecule has 6 nitrogen and oxygen atoms in total. The third-order valence-electron chi connectivity index (χ3n) is 3.02. The average molecular weight is 310 g/mol. The van der Waals surface area contributed by atoms with Gasteiger partial charge in [0, 0.05) is 0 Å². The molecule has 2 N–H and O–H groups in total. The average Bonchev–Trinajstić information content (AvgIpc) is 2.49. The van der Waals surface area contributed by atoms with Crippen molar-refractivity contribution in [2.45, 2.75) is 39.5 Å². The van der Waals surface area contributed by atoms with Crippen LogP contribution in [-0.2, 0) is 9.47 Å². The number of benzene rings is 1. The van der Waals surface area contributed by atoms with Crippen LogP contribution >= 0.6 is 0 Å². The minimum atomic E-state index is -0.743. The van der Waals surface area contributed by atoms with Gasteiger partial charge in [-0.1, -0.05) is 26.7 Å². The third-order valence-corrected chi connectivity index (χ3v) is 3.02. The van der Waals surface area contributed by atoms with Gasteiger partial charge in [-0.2, -0.15) is 0 Å². The minimum absolute atomic E-state index is 0.182. The highest BCUT2D eigenvalue weighted by Gasteiger charge is 2.20. The molecule has 122 valence electrons. The maximum Gasteiger partial charge on any atom is 0.342 e. The van der Waals surface area contributed by atoms with E-state index < -0.39 is 23.4 Å². The quantitative estimate of drug-likeness (QED) is 0.435. The van der Waals surface area contributed by atoms with Crippen molar-refractivity contribution < 1.29 is 29.3 Å². The van der Waals surface area contributed by atoms with Crippen LogP contribution < -0.4 is 0 Å². The summed E-state index contributed by atoms with van der Waals surface area (Å²) in [5, 5.41) is 19.7. The number of unbranched alkanes of at least 4 members (excludes halogenated alkanes) is 2. The van der Waals surface area contributed by atoms with E-state index in [0.29, 0.717) is 12.8 Å². The molecule has 0 aliphatic carbocycles. The van der Waals surface area contributed by atoms with Gasteiger partial charge in [-0.15, -0.1) is 0 Å². The van der Waals surface area contributed by atoms with Crippen LogP contribution in [0, 0.1) is 0 Å². The SMILES string of the molecule is CCCCOC(=O)c1cc(O)c(C(=O)OCCCC)cc1O. The summed E-state index contributed by atoms with van der Waals surface area (Å²) < 4.78 is 9.92. The molecule has 0 atom stereocenters. The Balaban J connectivity index is 2.82. The molecule has 0 aliphatic rings. The van der Waals surface area contributed by atoms with Gasteiger partial charge < -0.3 is 19.7 Å². The predicted octanol–water partition coefficient (Wildman–Crippen LogP) is 3.01. The van der Waals surface area contributed by atoms with Crippen LogP contribution in [0.1, 0.15) is 60.2 Å². The van der Waals surface area contributed by atoms with Crippen LogP contribution in [0.15, 0.2) is 12.1 Å². The lowest BCUT2D eigenvalue weighted by molar-refractivity contribution is 0.0479. The number of rotatable bonds is 8. The highest BCUT2D eigenvalue weighted by atomic mass is 16.5. The Morgan fingerprint density at radius 1 is 0.864 bits per heavy atom. The summed E-state index contributed by atoms with van der Waals surface area (Å²) in [5.41, 5.74) is -0.363. The van der Waals surface area contributed by atoms with Gasteiger partial charge in [0.1, 0.15) is 22.6 Å². The van der Waals surface area contributed by atoms with E-state index in [0.717, 1.165) is 25.0 Å². The van der Waals surface area contributed by atoms with Crippen LogP contribution in [0.3, 0.4) is 0 Å².